The highest BCUT2D eigenvalue weighted by Gasteiger charge is 2.31. The van der Waals surface area contributed by atoms with E-state index in [9.17, 15) is 27.9 Å². The predicted octanol–water partition coefficient (Wildman–Crippen LogP) is 2.79. The molecule has 0 saturated carbocycles. The summed E-state index contributed by atoms with van der Waals surface area (Å²) in [5, 5.41) is 11.9. The van der Waals surface area contributed by atoms with E-state index < -0.39 is 35.5 Å². The summed E-state index contributed by atoms with van der Waals surface area (Å²) < 4.78 is 47.9. The number of fused-ring (bicyclic) bond motifs is 1. The van der Waals surface area contributed by atoms with Crippen molar-refractivity contribution in [2.45, 2.75) is 12.4 Å². The molecule has 2 N–H and O–H groups in total. The van der Waals surface area contributed by atoms with Crippen molar-refractivity contribution in [2.24, 2.45) is 0 Å². The van der Waals surface area contributed by atoms with E-state index in [-0.39, 0.29) is 11.1 Å². The van der Waals surface area contributed by atoms with Crippen LogP contribution in [0.1, 0.15) is 26.6 Å². The number of nitrogens with zero attached hydrogens (tertiary/aromatic N) is 1. The topological polar surface area (TPSA) is 102 Å². The number of alkyl halides is 3. The Morgan fingerprint density at radius 2 is 1.86 bits per heavy atom. The molecule has 0 fully saturated rings. The van der Waals surface area contributed by atoms with Gasteiger partial charge in [-0.1, -0.05) is 12.1 Å². The van der Waals surface area contributed by atoms with Gasteiger partial charge >= 0.3 is 12.1 Å². The van der Waals surface area contributed by atoms with E-state index in [1.807, 2.05) is 5.32 Å². The molecule has 146 valence electrons. The number of hydrogen-bond acceptors (Lipinski definition) is 6. The number of nitrogens with one attached hydrogen (secondary N) is 1. The summed E-state index contributed by atoms with van der Waals surface area (Å²) in [7, 11) is 1.46. The maximum absolute atomic E-state index is 12.6. The molecule has 7 nitrogen and oxygen atoms in total. The quantitative estimate of drug-likeness (QED) is 0.510. The first-order valence-corrected chi connectivity index (χ1v) is 7.84. The first-order valence-electron chi connectivity index (χ1n) is 7.84. The zero-order valence-electron chi connectivity index (χ0n) is 14.3. The SMILES string of the molecule is COc1ccc2oc(C(=O)NC(O)C(=O)c3ccc(C(F)(F)F)cc3)nc2c1. The van der Waals surface area contributed by atoms with Crippen molar-refractivity contribution in [3.63, 3.8) is 0 Å². The molecule has 2 aromatic carbocycles. The Balaban J connectivity index is 1.72. The third-order valence-corrected chi connectivity index (χ3v) is 3.80. The molecule has 0 aliphatic heterocycles. The number of halogens is 3. The van der Waals surface area contributed by atoms with Gasteiger partial charge in [0.15, 0.2) is 11.8 Å². The maximum atomic E-state index is 12.6. The van der Waals surface area contributed by atoms with Crippen molar-refractivity contribution < 1.29 is 37.0 Å². The second-order valence-corrected chi connectivity index (χ2v) is 5.67. The van der Waals surface area contributed by atoms with Gasteiger partial charge in [-0.3, -0.25) is 9.59 Å². The number of aromatic nitrogens is 1. The van der Waals surface area contributed by atoms with Gasteiger partial charge in [0.1, 0.15) is 11.3 Å². The lowest BCUT2D eigenvalue weighted by Crippen LogP contribution is -2.40. The molecule has 1 unspecified atom stereocenters. The van der Waals surface area contributed by atoms with Crippen LogP contribution in [0.5, 0.6) is 5.75 Å². The Morgan fingerprint density at radius 1 is 1.18 bits per heavy atom. The Morgan fingerprint density at radius 3 is 2.46 bits per heavy atom. The number of aliphatic hydroxyl groups excluding tert-OH is 1. The zero-order chi connectivity index (χ0) is 20.5. The number of Topliss-reactive ketones (excluding diaryl/α,β-unsaturated/α-hetero) is 1. The van der Waals surface area contributed by atoms with Crippen molar-refractivity contribution in [1.29, 1.82) is 0 Å². The second kappa shape index (κ2) is 7.31. The van der Waals surface area contributed by atoms with Crippen molar-refractivity contribution in [1.82, 2.24) is 10.3 Å². The van der Waals surface area contributed by atoms with Crippen molar-refractivity contribution in [3.05, 3.63) is 59.5 Å². The molecule has 28 heavy (non-hydrogen) atoms. The van der Waals surface area contributed by atoms with E-state index in [1.54, 1.807) is 6.07 Å². The molecule has 0 aliphatic carbocycles. The number of hydrogen-bond donors (Lipinski definition) is 2. The molecule has 0 radical (unpaired) electrons. The molecular formula is C18H13F3N2O5. The van der Waals surface area contributed by atoms with Crippen LogP contribution in [0.15, 0.2) is 46.9 Å². The molecular weight excluding hydrogens is 381 g/mol. The first-order chi connectivity index (χ1) is 13.2. The van der Waals surface area contributed by atoms with Gasteiger partial charge in [-0.05, 0) is 24.3 Å². The number of oxazole rings is 1. The largest absolute Gasteiger partial charge is 0.497 e. The van der Waals surface area contributed by atoms with Crippen molar-refractivity contribution in [3.8, 4) is 5.75 Å². The minimum absolute atomic E-state index is 0.205. The molecule has 0 saturated heterocycles. The number of aliphatic hydroxyl groups is 1. The number of benzene rings is 2. The van der Waals surface area contributed by atoms with Gasteiger partial charge in [0.2, 0.25) is 5.78 Å². The van der Waals surface area contributed by atoms with Crippen LogP contribution in [0, 0.1) is 0 Å². The Kier molecular flexibility index (Phi) is 5.06. The van der Waals surface area contributed by atoms with Gasteiger partial charge in [-0.15, -0.1) is 0 Å². The summed E-state index contributed by atoms with van der Waals surface area (Å²) in [5.74, 6) is -1.87. The second-order valence-electron chi connectivity index (χ2n) is 5.67. The van der Waals surface area contributed by atoms with Gasteiger partial charge in [-0.25, -0.2) is 4.98 Å². The molecule has 1 atom stereocenters. The van der Waals surface area contributed by atoms with E-state index >= 15 is 0 Å². The molecule has 1 heterocycles. The fourth-order valence-electron chi connectivity index (χ4n) is 2.36. The van der Waals surface area contributed by atoms with Crippen LogP contribution >= 0.6 is 0 Å². The normalized spacial score (nSPS) is 12.6. The average molecular weight is 394 g/mol. The van der Waals surface area contributed by atoms with E-state index in [2.05, 4.69) is 4.98 Å². The summed E-state index contributed by atoms with van der Waals surface area (Å²) >= 11 is 0. The number of rotatable bonds is 5. The van der Waals surface area contributed by atoms with Crippen LogP contribution in [-0.2, 0) is 6.18 Å². The van der Waals surface area contributed by atoms with Crippen molar-refractivity contribution >= 4 is 22.8 Å². The number of carbonyl (C=O) groups is 2. The zero-order valence-corrected chi connectivity index (χ0v) is 14.3. The van der Waals surface area contributed by atoms with E-state index in [1.165, 1.54) is 19.2 Å². The minimum Gasteiger partial charge on any atom is -0.497 e. The highest BCUT2D eigenvalue weighted by molar-refractivity contribution is 6.02. The number of methoxy groups -OCH3 is 1. The molecule has 3 rings (SSSR count). The van der Waals surface area contributed by atoms with Crippen LogP contribution in [0.4, 0.5) is 13.2 Å². The van der Waals surface area contributed by atoms with Crippen LogP contribution in [0.25, 0.3) is 11.1 Å². The number of carbonyl (C=O) groups excluding carboxylic acids is 2. The summed E-state index contributed by atoms with van der Waals surface area (Å²) in [6, 6.07) is 7.88. The first kappa shape index (κ1) is 19.4. The maximum Gasteiger partial charge on any atom is 0.416 e. The van der Waals surface area contributed by atoms with Gasteiger partial charge in [0, 0.05) is 11.6 Å². The molecule has 1 amide bonds. The number of ether oxygens (including phenoxy) is 1. The monoisotopic (exact) mass is 394 g/mol. The number of amides is 1. The summed E-state index contributed by atoms with van der Waals surface area (Å²) in [4.78, 5) is 28.2. The Labute approximate surface area is 155 Å². The minimum atomic E-state index is -4.55. The van der Waals surface area contributed by atoms with Gasteiger partial charge in [-0.2, -0.15) is 13.2 Å². The summed E-state index contributed by atoms with van der Waals surface area (Å²) in [6.45, 7) is 0. The summed E-state index contributed by atoms with van der Waals surface area (Å²) in [5.41, 5.74) is -0.532. The van der Waals surface area contributed by atoms with Gasteiger partial charge < -0.3 is 19.6 Å². The predicted molar refractivity (Wildman–Crippen MR) is 89.8 cm³/mol. The van der Waals surface area contributed by atoms with E-state index in [0.717, 1.165) is 12.1 Å². The molecule has 0 bridgehead atoms. The van der Waals surface area contributed by atoms with Crippen LogP contribution < -0.4 is 10.1 Å². The van der Waals surface area contributed by atoms with Crippen LogP contribution in [0.2, 0.25) is 0 Å². The molecule has 10 heteroatoms. The van der Waals surface area contributed by atoms with Crippen LogP contribution in [-0.4, -0.2) is 35.1 Å². The molecule has 3 aromatic rings. The number of ketones is 1. The summed E-state index contributed by atoms with van der Waals surface area (Å²) in [6.07, 6.45) is -6.54. The fourth-order valence-corrected chi connectivity index (χ4v) is 2.36. The molecule has 0 aliphatic rings. The molecule has 0 spiro atoms. The highest BCUT2D eigenvalue weighted by Crippen LogP contribution is 2.29. The highest BCUT2D eigenvalue weighted by atomic mass is 19.4. The van der Waals surface area contributed by atoms with Gasteiger partial charge in [0.25, 0.3) is 5.89 Å². The standard InChI is InChI=1S/C18H13F3N2O5/c1-27-11-6-7-13-12(8-11)22-17(28-13)16(26)23-15(25)14(24)9-2-4-10(5-3-9)18(19,20)21/h2-8,15,25H,1H3,(H,23,26). The lowest BCUT2D eigenvalue weighted by Gasteiger charge is -2.11. The Hall–Kier alpha value is -3.40. The average Bonchev–Trinajstić information content (AvgIpc) is 3.10. The Bertz CT molecular complexity index is 1030. The van der Waals surface area contributed by atoms with Crippen LogP contribution in [0.3, 0.4) is 0 Å². The smallest absolute Gasteiger partial charge is 0.416 e. The third kappa shape index (κ3) is 3.96. The van der Waals surface area contributed by atoms with Gasteiger partial charge in [0.05, 0.1) is 12.7 Å². The van der Waals surface area contributed by atoms with E-state index in [4.69, 9.17) is 9.15 Å². The van der Waals surface area contributed by atoms with E-state index in [0.29, 0.717) is 23.4 Å². The van der Waals surface area contributed by atoms with Crippen molar-refractivity contribution in [2.75, 3.05) is 7.11 Å². The lowest BCUT2D eigenvalue weighted by atomic mass is 10.1. The third-order valence-electron chi connectivity index (χ3n) is 3.80. The fraction of sp³-hybridized carbons (Fsp3) is 0.167. The molecule has 1 aromatic heterocycles. The lowest BCUT2D eigenvalue weighted by molar-refractivity contribution is -0.137.